The molecule has 262 valence electrons. The Labute approximate surface area is 273 Å². The van der Waals surface area contributed by atoms with Crippen LogP contribution in [0.25, 0.3) is 0 Å². The van der Waals surface area contributed by atoms with Crippen molar-refractivity contribution in [2.24, 2.45) is 11.8 Å². The van der Waals surface area contributed by atoms with Crippen LogP contribution in [-0.2, 0) is 19.1 Å². The maximum absolute atomic E-state index is 15.2. The number of aliphatic hydroxyl groups is 1. The number of nitrogens with zero attached hydrogens (tertiary/aromatic N) is 3. The van der Waals surface area contributed by atoms with E-state index >= 15 is 4.39 Å². The lowest BCUT2D eigenvalue weighted by molar-refractivity contribution is -0.133. The topological polar surface area (TPSA) is 143 Å². The predicted molar refractivity (Wildman–Crippen MR) is 170 cm³/mol. The summed E-state index contributed by atoms with van der Waals surface area (Å²) < 4.78 is 26.8. The van der Waals surface area contributed by atoms with E-state index in [0.29, 0.717) is 51.7 Å². The van der Waals surface area contributed by atoms with Crippen molar-refractivity contribution in [3.05, 3.63) is 0 Å². The summed E-state index contributed by atoms with van der Waals surface area (Å²) in [6.07, 6.45) is 3.99. The quantitative estimate of drug-likeness (QED) is 0.166. The summed E-state index contributed by atoms with van der Waals surface area (Å²) in [5, 5.41) is 27.9. The number of aliphatic hydroxyl groups excluding tert-OH is 1. The molecule has 2 amide bonds. The van der Waals surface area contributed by atoms with E-state index in [1.54, 1.807) is 6.92 Å². The molecule has 13 nitrogen and oxygen atoms in total. The number of alkyl halides is 1. The largest absolute Gasteiger partial charge is 0.390 e. The average molecular weight is 653 g/mol. The first-order valence-electron chi connectivity index (χ1n) is 17.8. The predicted octanol–water partition coefficient (Wildman–Crippen LogP) is -0.879. The molecule has 1 aliphatic carbocycles. The molecule has 0 spiro atoms. The normalized spacial score (nSPS) is 38.6. The van der Waals surface area contributed by atoms with Crippen LogP contribution >= 0.6 is 0 Å². The molecule has 46 heavy (non-hydrogen) atoms. The number of ether oxygens (including phenoxy) is 2. The zero-order valence-electron chi connectivity index (χ0n) is 27.7. The van der Waals surface area contributed by atoms with Crippen molar-refractivity contribution in [2.75, 3.05) is 65.7 Å². The van der Waals surface area contributed by atoms with Crippen LogP contribution in [-0.4, -0.2) is 152 Å². The first-order chi connectivity index (χ1) is 22.2. The van der Waals surface area contributed by atoms with E-state index in [1.807, 2.05) is 4.90 Å². The molecule has 0 aromatic carbocycles. The van der Waals surface area contributed by atoms with E-state index in [9.17, 15) is 14.7 Å². The Morgan fingerprint density at radius 3 is 2.61 bits per heavy atom. The highest BCUT2D eigenvalue weighted by Gasteiger charge is 2.42. The third-order valence-electron chi connectivity index (χ3n) is 11.2. The first-order valence-corrected chi connectivity index (χ1v) is 17.8. The van der Waals surface area contributed by atoms with Crippen molar-refractivity contribution in [2.45, 2.75) is 114 Å². The summed E-state index contributed by atoms with van der Waals surface area (Å²) in [6, 6.07) is 0.0176. The first kappa shape index (κ1) is 34.4. The third-order valence-corrected chi connectivity index (χ3v) is 11.2. The van der Waals surface area contributed by atoms with Crippen molar-refractivity contribution in [3.63, 3.8) is 0 Å². The lowest BCUT2D eigenvalue weighted by Gasteiger charge is -2.47. The summed E-state index contributed by atoms with van der Waals surface area (Å²) in [5.41, 5.74) is 0. The average Bonchev–Trinajstić information content (AvgIpc) is 3.44. The van der Waals surface area contributed by atoms with Gasteiger partial charge in [0.25, 0.3) is 0 Å². The highest BCUT2D eigenvalue weighted by molar-refractivity contribution is 5.82. The minimum Gasteiger partial charge on any atom is -0.390 e. The van der Waals surface area contributed by atoms with Gasteiger partial charge in [-0.15, -0.1) is 0 Å². The van der Waals surface area contributed by atoms with Crippen LogP contribution in [0.2, 0.25) is 0 Å². The number of likely N-dealkylation sites (tertiary alicyclic amines) is 3. The van der Waals surface area contributed by atoms with Crippen LogP contribution in [0.15, 0.2) is 0 Å². The van der Waals surface area contributed by atoms with Gasteiger partial charge < -0.3 is 29.7 Å². The second kappa shape index (κ2) is 15.8. The Kier molecular flexibility index (Phi) is 11.8. The van der Waals surface area contributed by atoms with Gasteiger partial charge in [-0.05, 0) is 57.4 Å². The minimum absolute atomic E-state index is 0.0269. The number of hydrogen-bond donors (Lipinski definition) is 6. The summed E-state index contributed by atoms with van der Waals surface area (Å²) in [4.78, 5) is 31.4. The lowest BCUT2D eigenvalue weighted by Crippen LogP contribution is -2.73. The third kappa shape index (κ3) is 8.75. The molecule has 14 heteroatoms. The zero-order chi connectivity index (χ0) is 32.2. The Morgan fingerprint density at radius 2 is 1.87 bits per heavy atom. The number of nitrogens with one attached hydrogen (secondary N) is 5. The standard InChI is InChI=1S/C32H57FN8O5/c1-20-29(46-19-35-20)18-45-28-11-22-6-9-39(14-23(22)10-26(28)33)17-25(43)13-34-31(44)27-12-30(36-24-15-41(16-24)21(2)42)38-32(37-27)40-7-4-3-5-8-40/h20,22-30,32,35-38,43H,3-19H2,1-2H3,(H,34,44)/t20?,22?,23?,25-,26?,27?,28?,29?,30?,32?/m0/s1. The van der Waals surface area contributed by atoms with Gasteiger partial charge in [-0.25, -0.2) is 4.39 Å². The summed E-state index contributed by atoms with van der Waals surface area (Å²) in [7, 11) is 0. The van der Waals surface area contributed by atoms with Gasteiger partial charge in [0.2, 0.25) is 11.8 Å². The van der Waals surface area contributed by atoms with E-state index in [-0.39, 0.29) is 61.0 Å². The Balaban J connectivity index is 0.935. The Morgan fingerprint density at radius 1 is 1.07 bits per heavy atom. The maximum atomic E-state index is 15.2. The van der Waals surface area contributed by atoms with Gasteiger partial charge in [0, 0.05) is 71.2 Å². The second-order valence-electron chi connectivity index (χ2n) is 14.6. The number of piperidine rings is 2. The highest BCUT2D eigenvalue weighted by Crippen LogP contribution is 2.39. The summed E-state index contributed by atoms with van der Waals surface area (Å²) in [6.45, 7) is 10.2. The van der Waals surface area contributed by atoms with E-state index < -0.39 is 18.3 Å². The molecule has 1 saturated carbocycles. The number of carbonyl (C=O) groups is 2. The van der Waals surface area contributed by atoms with Gasteiger partial charge in [-0.2, -0.15) is 0 Å². The smallest absolute Gasteiger partial charge is 0.237 e. The molecular weight excluding hydrogens is 595 g/mol. The van der Waals surface area contributed by atoms with Gasteiger partial charge in [0.1, 0.15) is 12.5 Å². The second-order valence-corrected chi connectivity index (χ2v) is 14.6. The van der Waals surface area contributed by atoms with Crippen LogP contribution in [0.4, 0.5) is 4.39 Å². The Bertz CT molecular complexity index is 1020. The molecule has 5 heterocycles. The van der Waals surface area contributed by atoms with Gasteiger partial charge in [-0.1, -0.05) is 6.42 Å². The molecule has 10 atom stereocenters. The lowest BCUT2D eigenvalue weighted by atomic mass is 9.73. The maximum Gasteiger partial charge on any atom is 0.237 e. The van der Waals surface area contributed by atoms with Crippen LogP contribution in [0.3, 0.4) is 0 Å². The fourth-order valence-corrected chi connectivity index (χ4v) is 8.25. The number of β-amino-alcohol motifs (C(OH)–C–C–N with tert-alkyl or cyclic N) is 1. The van der Waals surface area contributed by atoms with E-state index in [1.165, 1.54) is 6.42 Å². The molecule has 6 aliphatic rings. The Hall–Kier alpha value is -1.49. The zero-order valence-corrected chi connectivity index (χ0v) is 27.7. The van der Waals surface area contributed by atoms with Crippen molar-refractivity contribution in [3.8, 4) is 0 Å². The molecule has 0 radical (unpaired) electrons. The molecule has 0 bridgehead atoms. The van der Waals surface area contributed by atoms with Crippen LogP contribution in [0, 0.1) is 11.8 Å². The van der Waals surface area contributed by atoms with Gasteiger partial charge in [0.05, 0.1) is 43.9 Å². The molecule has 6 fully saturated rings. The highest BCUT2D eigenvalue weighted by atomic mass is 19.1. The molecule has 5 aliphatic heterocycles. The fraction of sp³-hybridized carbons (Fsp3) is 0.938. The van der Waals surface area contributed by atoms with Crippen molar-refractivity contribution in [1.82, 2.24) is 41.3 Å². The minimum atomic E-state index is -0.989. The summed E-state index contributed by atoms with van der Waals surface area (Å²) in [5.74, 6) is 0.654. The number of halogens is 1. The molecule has 0 aromatic heterocycles. The molecule has 0 aromatic rings. The molecule has 5 saturated heterocycles. The van der Waals surface area contributed by atoms with Crippen LogP contribution in [0.1, 0.15) is 58.8 Å². The number of carbonyl (C=O) groups excluding carboxylic acids is 2. The fourth-order valence-electron chi connectivity index (χ4n) is 8.25. The van der Waals surface area contributed by atoms with Crippen molar-refractivity contribution >= 4 is 11.8 Å². The van der Waals surface area contributed by atoms with Gasteiger partial charge in [0.15, 0.2) is 0 Å². The van der Waals surface area contributed by atoms with E-state index in [4.69, 9.17) is 9.47 Å². The van der Waals surface area contributed by atoms with Crippen molar-refractivity contribution in [1.29, 1.82) is 0 Å². The molecule has 6 rings (SSSR count). The number of rotatable bonds is 11. The molecule has 9 unspecified atom stereocenters. The number of hydrogen-bond acceptors (Lipinski definition) is 11. The van der Waals surface area contributed by atoms with Crippen molar-refractivity contribution < 1.29 is 28.6 Å². The van der Waals surface area contributed by atoms with Gasteiger partial charge >= 0.3 is 0 Å². The summed E-state index contributed by atoms with van der Waals surface area (Å²) >= 11 is 0. The monoisotopic (exact) mass is 652 g/mol. The SMILES string of the molecule is CC(=O)N1CC(NC2CC(C(=O)NC[C@H](O)CN3CCC4CC(OCC5OCNC5C)C(F)CC4C3)NC(N3CCCCC3)N2)C1. The molecule has 6 N–H and O–H groups in total. The molecular formula is C32H57FN8O5. The van der Waals surface area contributed by atoms with Crippen LogP contribution in [0.5, 0.6) is 0 Å². The van der Waals surface area contributed by atoms with E-state index in [2.05, 4.69) is 43.3 Å². The number of fused-ring (bicyclic) bond motifs is 1. The van der Waals surface area contributed by atoms with E-state index in [0.717, 1.165) is 51.9 Å². The number of amides is 2. The van der Waals surface area contributed by atoms with Crippen LogP contribution < -0.4 is 26.6 Å². The van der Waals surface area contributed by atoms with Gasteiger partial charge in [-0.3, -0.25) is 35.8 Å².